The van der Waals surface area contributed by atoms with E-state index in [1.54, 1.807) is 30.5 Å². The summed E-state index contributed by atoms with van der Waals surface area (Å²) in [6.45, 7) is 4.01. The predicted octanol–water partition coefficient (Wildman–Crippen LogP) is 3.64. The smallest absolute Gasteiger partial charge is 0.175 e. The van der Waals surface area contributed by atoms with Crippen LogP contribution in [-0.2, 0) is 22.8 Å². The van der Waals surface area contributed by atoms with E-state index in [9.17, 15) is 12.8 Å². The molecule has 1 N–H and O–H groups in total. The van der Waals surface area contributed by atoms with Crippen LogP contribution >= 0.6 is 11.8 Å². The van der Waals surface area contributed by atoms with Crippen LogP contribution < -0.4 is 4.84 Å². The summed E-state index contributed by atoms with van der Waals surface area (Å²) in [4.78, 5) is 11.5. The van der Waals surface area contributed by atoms with Crippen molar-refractivity contribution in [3.05, 3.63) is 65.0 Å². The van der Waals surface area contributed by atoms with E-state index >= 15 is 0 Å². The van der Waals surface area contributed by atoms with Gasteiger partial charge in [0.15, 0.2) is 9.84 Å². The molecule has 0 radical (unpaired) electrons. The van der Waals surface area contributed by atoms with Crippen LogP contribution in [0.3, 0.4) is 0 Å². The van der Waals surface area contributed by atoms with Gasteiger partial charge in [0.1, 0.15) is 11.7 Å². The summed E-state index contributed by atoms with van der Waals surface area (Å²) in [5, 5.41) is 0. The average molecular weight is 437 g/mol. The molecule has 0 unspecified atom stereocenters. The van der Waals surface area contributed by atoms with Gasteiger partial charge in [-0.1, -0.05) is 12.1 Å². The van der Waals surface area contributed by atoms with Crippen molar-refractivity contribution in [2.45, 2.75) is 31.7 Å². The van der Waals surface area contributed by atoms with E-state index in [1.807, 2.05) is 18.4 Å². The number of rotatable bonds is 7. The van der Waals surface area contributed by atoms with Crippen LogP contribution in [0, 0.1) is 13.8 Å². The standard InChI is InChI=1S/C20H22ClFN4O2S/c1-13-18(10-15-4-6-17(7-5-15)29(3,27)28)20-19(11-23-14(2)25-20)26(13)12-16(22)8-9-24-21/h4-8,11,24H,9-10,12H2,1-3H3/b16-8-. The largest absolute Gasteiger partial charge is 0.335 e. The number of fused-ring (bicyclic) bond motifs is 1. The lowest BCUT2D eigenvalue weighted by molar-refractivity contribution is 0.553. The molecule has 0 saturated heterocycles. The zero-order valence-corrected chi connectivity index (χ0v) is 18.0. The fourth-order valence-electron chi connectivity index (χ4n) is 3.24. The van der Waals surface area contributed by atoms with Crippen LogP contribution in [0.15, 0.2) is 47.3 Å². The lowest BCUT2D eigenvalue weighted by Crippen LogP contribution is -2.04. The molecule has 0 saturated carbocycles. The quantitative estimate of drug-likeness (QED) is 0.572. The molecule has 0 aliphatic rings. The van der Waals surface area contributed by atoms with Gasteiger partial charge in [0.2, 0.25) is 0 Å². The van der Waals surface area contributed by atoms with Gasteiger partial charge in [-0.25, -0.2) is 27.6 Å². The summed E-state index contributed by atoms with van der Waals surface area (Å²) in [6.07, 6.45) is 4.82. The minimum Gasteiger partial charge on any atom is -0.335 e. The number of nitrogens with zero attached hydrogens (tertiary/aromatic N) is 3. The van der Waals surface area contributed by atoms with Crippen molar-refractivity contribution < 1.29 is 12.8 Å². The summed E-state index contributed by atoms with van der Waals surface area (Å²) >= 11 is 5.40. The number of aromatic nitrogens is 3. The second-order valence-corrected chi connectivity index (χ2v) is 9.17. The molecule has 1 aromatic carbocycles. The van der Waals surface area contributed by atoms with E-state index in [2.05, 4.69) is 14.8 Å². The molecule has 0 atom stereocenters. The number of hydrogen-bond acceptors (Lipinski definition) is 5. The first kappa shape index (κ1) is 21.4. The van der Waals surface area contributed by atoms with Gasteiger partial charge >= 0.3 is 0 Å². The number of nitrogens with one attached hydrogen (secondary N) is 1. The van der Waals surface area contributed by atoms with Crippen molar-refractivity contribution in [1.29, 1.82) is 0 Å². The Morgan fingerprint density at radius 2 is 1.97 bits per heavy atom. The van der Waals surface area contributed by atoms with Gasteiger partial charge in [0, 0.05) is 30.5 Å². The molecule has 0 fully saturated rings. The van der Waals surface area contributed by atoms with Crippen molar-refractivity contribution in [2.24, 2.45) is 0 Å². The highest BCUT2D eigenvalue weighted by atomic mass is 35.5. The number of allylic oxidation sites excluding steroid dienone is 1. The van der Waals surface area contributed by atoms with Crippen molar-refractivity contribution >= 4 is 32.6 Å². The Morgan fingerprint density at radius 3 is 2.59 bits per heavy atom. The first-order valence-electron chi connectivity index (χ1n) is 8.99. The molecule has 2 aromatic heterocycles. The van der Waals surface area contributed by atoms with Crippen LogP contribution in [-0.4, -0.2) is 35.8 Å². The molecule has 0 amide bonds. The second kappa shape index (κ2) is 8.61. The second-order valence-electron chi connectivity index (χ2n) is 6.88. The van der Waals surface area contributed by atoms with Crippen LogP contribution in [0.4, 0.5) is 4.39 Å². The maximum absolute atomic E-state index is 14.3. The van der Waals surface area contributed by atoms with Crippen LogP contribution in [0.1, 0.15) is 22.6 Å². The Kier molecular flexibility index (Phi) is 6.36. The molecule has 29 heavy (non-hydrogen) atoms. The molecule has 6 nitrogen and oxygen atoms in total. The molecule has 3 rings (SSSR count). The van der Waals surface area contributed by atoms with Gasteiger partial charge in [0.25, 0.3) is 0 Å². The average Bonchev–Trinajstić information content (AvgIpc) is 2.91. The van der Waals surface area contributed by atoms with Crippen molar-refractivity contribution in [3.63, 3.8) is 0 Å². The monoisotopic (exact) mass is 436 g/mol. The highest BCUT2D eigenvalue weighted by Gasteiger charge is 2.18. The highest BCUT2D eigenvalue weighted by Crippen LogP contribution is 2.28. The lowest BCUT2D eigenvalue weighted by Gasteiger charge is -2.08. The number of hydrogen-bond donors (Lipinski definition) is 1. The van der Waals surface area contributed by atoms with Crippen LogP contribution in [0.2, 0.25) is 0 Å². The Balaban J connectivity index is 2.03. The highest BCUT2D eigenvalue weighted by molar-refractivity contribution is 7.90. The first-order chi connectivity index (χ1) is 13.7. The molecule has 3 aromatic rings. The molecule has 0 spiro atoms. The van der Waals surface area contributed by atoms with E-state index in [4.69, 9.17) is 11.8 Å². The van der Waals surface area contributed by atoms with Crippen molar-refractivity contribution in [3.8, 4) is 0 Å². The Morgan fingerprint density at radius 1 is 1.28 bits per heavy atom. The SMILES string of the molecule is Cc1ncc2c(n1)c(Cc1ccc(S(C)(=O)=O)cc1)c(C)n2C/C(F)=C/CNCl. The van der Waals surface area contributed by atoms with E-state index in [0.29, 0.717) is 12.2 Å². The summed E-state index contributed by atoms with van der Waals surface area (Å²) in [7, 11) is -3.25. The molecule has 0 bridgehead atoms. The molecular weight excluding hydrogens is 415 g/mol. The molecule has 0 aliphatic heterocycles. The molecule has 0 aliphatic carbocycles. The summed E-state index contributed by atoms with van der Waals surface area (Å²) in [6, 6.07) is 6.78. The zero-order chi connectivity index (χ0) is 21.2. The van der Waals surface area contributed by atoms with Gasteiger partial charge in [-0.05, 0) is 49.4 Å². The maximum Gasteiger partial charge on any atom is 0.175 e. The topological polar surface area (TPSA) is 76.9 Å². The van der Waals surface area contributed by atoms with E-state index in [1.165, 1.54) is 12.3 Å². The Bertz CT molecular complexity index is 1170. The van der Waals surface area contributed by atoms with E-state index in [0.717, 1.165) is 27.9 Å². The fourth-order valence-corrected chi connectivity index (χ4v) is 3.94. The molecule has 154 valence electrons. The van der Waals surface area contributed by atoms with Gasteiger partial charge in [-0.3, -0.25) is 0 Å². The first-order valence-corrected chi connectivity index (χ1v) is 11.3. The third-order valence-electron chi connectivity index (χ3n) is 4.75. The third-order valence-corrected chi connectivity index (χ3v) is 6.03. The fraction of sp³-hybridized carbons (Fsp3) is 0.300. The minimum atomic E-state index is -3.25. The van der Waals surface area contributed by atoms with E-state index in [-0.39, 0.29) is 23.8 Å². The van der Waals surface area contributed by atoms with Gasteiger partial charge in [0.05, 0.1) is 28.7 Å². The third kappa shape index (κ3) is 4.83. The Hall–Kier alpha value is -2.29. The predicted molar refractivity (Wildman–Crippen MR) is 112 cm³/mol. The van der Waals surface area contributed by atoms with Crippen LogP contribution in [0.5, 0.6) is 0 Å². The molecular formula is C20H22ClFN4O2S. The summed E-state index contributed by atoms with van der Waals surface area (Å²) < 4.78 is 39.5. The lowest BCUT2D eigenvalue weighted by atomic mass is 10.0. The van der Waals surface area contributed by atoms with E-state index < -0.39 is 9.84 Å². The maximum atomic E-state index is 14.3. The zero-order valence-electron chi connectivity index (χ0n) is 16.4. The normalized spacial score (nSPS) is 12.7. The van der Waals surface area contributed by atoms with Gasteiger partial charge in [-0.15, -0.1) is 0 Å². The van der Waals surface area contributed by atoms with Gasteiger partial charge in [-0.2, -0.15) is 0 Å². The van der Waals surface area contributed by atoms with Crippen molar-refractivity contribution in [1.82, 2.24) is 19.4 Å². The summed E-state index contributed by atoms with van der Waals surface area (Å²) in [5.74, 6) is 0.313. The summed E-state index contributed by atoms with van der Waals surface area (Å²) in [5.41, 5.74) is 4.30. The molecule has 2 heterocycles. The van der Waals surface area contributed by atoms with Gasteiger partial charge < -0.3 is 4.57 Å². The number of aryl methyl sites for hydroxylation is 1. The minimum absolute atomic E-state index is 0.0559. The number of halogens is 2. The van der Waals surface area contributed by atoms with Crippen LogP contribution in [0.25, 0.3) is 11.0 Å². The number of benzene rings is 1. The Labute approximate surface area is 174 Å². The van der Waals surface area contributed by atoms with Crippen molar-refractivity contribution in [2.75, 3.05) is 12.8 Å². The molecule has 9 heteroatoms. The number of sulfone groups is 1.